The van der Waals surface area contributed by atoms with Gasteiger partial charge < -0.3 is 4.57 Å². The van der Waals surface area contributed by atoms with Gasteiger partial charge in [0.1, 0.15) is 5.82 Å². The van der Waals surface area contributed by atoms with Crippen LogP contribution in [-0.4, -0.2) is 29.5 Å². The van der Waals surface area contributed by atoms with Crippen molar-refractivity contribution in [2.24, 2.45) is 0 Å². The summed E-state index contributed by atoms with van der Waals surface area (Å²) in [5.41, 5.74) is 2.03. The van der Waals surface area contributed by atoms with Crippen LogP contribution in [0.25, 0.3) is 11.3 Å². The Morgan fingerprint density at radius 1 is 1.12 bits per heavy atom. The third-order valence-electron chi connectivity index (χ3n) is 4.48. The Labute approximate surface area is 146 Å². The van der Waals surface area contributed by atoms with Crippen LogP contribution in [0.4, 0.5) is 0 Å². The van der Waals surface area contributed by atoms with Gasteiger partial charge in [0.05, 0.1) is 16.8 Å². The average molecular weight is 354 g/mol. The highest BCUT2D eigenvalue weighted by Crippen LogP contribution is 2.32. The monoisotopic (exact) mass is 354 g/mol. The van der Waals surface area contributed by atoms with Crippen LogP contribution < -0.4 is 4.72 Å². The molecule has 7 heteroatoms. The lowest BCUT2D eigenvalue weighted by molar-refractivity contribution is 0.510. The molecule has 128 valence electrons. The summed E-state index contributed by atoms with van der Waals surface area (Å²) >= 11 is 0. The van der Waals surface area contributed by atoms with Crippen LogP contribution in [0.1, 0.15) is 18.3 Å². The van der Waals surface area contributed by atoms with Gasteiger partial charge in [-0.05, 0) is 30.7 Å². The Hall–Kier alpha value is -2.51. The Bertz CT molecular complexity index is 969. The normalized spacial score (nSPS) is 16.7. The van der Waals surface area contributed by atoms with Crippen molar-refractivity contribution in [1.82, 2.24) is 19.3 Å². The highest BCUT2D eigenvalue weighted by Gasteiger charge is 2.27. The van der Waals surface area contributed by atoms with E-state index >= 15 is 0 Å². The summed E-state index contributed by atoms with van der Waals surface area (Å²) in [6, 6.07) is 12.4. The molecule has 1 N–H and O–H groups in total. The molecule has 0 fully saturated rings. The maximum atomic E-state index is 12.4. The third-order valence-corrected chi connectivity index (χ3v) is 5.92. The highest BCUT2D eigenvalue weighted by molar-refractivity contribution is 7.89. The van der Waals surface area contributed by atoms with Gasteiger partial charge in [0.2, 0.25) is 10.0 Å². The van der Waals surface area contributed by atoms with Gasteiger partial charge in [-0.3, -0.25) is 4.98 Å². The third kappa shape index (κ3) is 3.08. The van der Waals surface area contributed by atoms with Crippen molar-refractivity contribution >= 4 is 10.0 Å². The van der Waals surface area contributed by atoms with Crippen LogP contribution in [0.3, 0.4) is 0 Å². The number of benzene rings is 1. The van der Waals surface area contributed by atoms with Crippen molar-refractivity contribution in [3.05, 3.63) is 66.9 Å². The van der Waals surface area contributed by atoms with Gasteiger partial charge >= 0.3 is 0 Å². The van der Waals surface area contributed by atoms with E-state index in [0.717, 1.165) is 29.9 Å². The molecule has 0 radical (unpaired) electrons. The summed E-state index contributed by atoms with van der Waals surface area (Å²) in [5.74, 6) is 0.996. The van der Waals surface area contributed by atoms with Crippen LogP contribution in [0.5, 0.6) is 0 Å². The fraction of sp³-hybridized carbons (Fsp3) is 0.222. The molecule has 0 unspecified atom stereocenters. The molecule has 0 saturated carbocycles. The molecule has 0 amide bonds. The minimum absolute atomic E-state index is 0.0548. The van der Waals surface area contributed by atoms with Gasteiger partial charge in [0.15, 0.2) is 0 Å². The maximum absolute atomic E-state index is 12.4. The van der Waals surface area contributed by atoms with Crippen molar-refractivity contribution in [2.45, 2.75) is 23.8 Å². The molecular weight excluding hydrogens is 336 g/mol. The molecule has 1 aliphatic heterocycles. The number of imidazole rings is 1. The zero-order valence-corrected chi connectivity index (χ0v) is 14.4. The zero-order valence-electron chi connectivity index (χ0n) is 13.5. The topological polar surface area (TPSA) is 76.9 Å². The van der Waals surface area contributed by atoms with Crippen molar-refractivity contribution in [2.75, 3.05) is 6.54 Å². The van der Waals surface area contributed by atoms with Gasteiger partial charge in [-0.2, -0.15) is 0 Å². The zero-order chi connectivity index (χ0) is 17.3. The highest BCUT2D eigenvalue weighted by atomic mass is 32.2. The van der Waals surface area contributed by atoms with E-state index in [1.54, 1.807) is 42.7 Å². The van der Waals surface area contributed by atoms with E-state index in [0.29, 0.717) is 6.54 Å². The lowest BCUT2D eigenvalue weighted by Crippen LogP contribution is -2.29. The fourth-order valence-electron chi connectivity index (χ4n) is 3.23. The number of nitrogens with one attached hydrogen (secondary N) is 1. The molecule has 0 spiro atoms. The van der Waals surface area contributed by atoms with E-state index in [9.17, 15) is 8.42 Å². The molecule has 6 nitrogen and oxygen atoms in total. The first-order valence-corrected chi connectivity index (χ1v) is 9.65. The smallest absolute Gasteiger partial charge is 0.240 e. The Balaban J connectivity index is 1.57. The summed E-state index contributed by atoms with van der Waals surface area (Å²) in [7, 11) is -3.50. The number of sulfonamides is 1. The molecule has 2 aromatic heterocycles. The van der Waals surface area contributed by atoms with E-state index in [-0.39, 0.29) is 10.9 Å². The number of aromatic nitrogens is 3. The number of fused-ring (bicyclic) bond motifs is 1. The number of aryl methyl sites for hydroxylation is 1. The van der Waals surface area contributed by atoms with E-state index in [4.69, 9.17) is 0 Å². The van der Waals surface area contributed by atoms with Crippen molar-refractivity contribution in [3.8, 4) is 11.3 Å². The molecule has 1 aromatic carbocycles. The van der Waals surface area contributed by atoms with Gasteiger partial charge in [-0.1, -0.05) is 18.2 Å². The molecule has 4 rings (SSSR count). The lowest BCUT2D eigenvalue weighted by atomic mass is 10.1. The predicted molar refractivity (Wildman–Crippen MR) is 94.4 cm³/mol. The second-order valence-corrected chi connectivity index (χ2v) is 7.79. The summed E-state index contributed by atoms with van der Waals surface area (Å²) in [6.07, 6.45) is 7.07. The Kier molecular flexibility index (Phi) is 4.10. The van der Waals surface area contributed by atoms with Gasteiger partial charge in [0, 0.05) is 37.0 Å². The molecule has 0 bridgehead atoms. The molecular formula is C18H18N4O2S. The molecule has 25 heavy (non-hydrogen) atoms. The van der Waals surface area contributed by atoms with Crippen molar-refractivity contribution in [3.63, 3.8) is 0 Å². The fourth-order valence-corrected chi connectivity index (χ4v) is 4.33. The van der Waals surface area contributed by atoms with Crippen LogP contribution in [0.15, 0.2) is 66.0 Å². The SMILES string of the molecule is O=S(=O)(NC[C@@H]1CCc2ncc(-c3ccncc3)n21)c1ccccc1. The minimum atomic E-state index is -3.50. The predicted octanol–water partition coefficient (Wildman–Crippen LogP) is 2.41. The second-order valence-electron chi connectivity index (χ2n) is 6.02. The largest absolute Gasteiger partial charge is 0.324 e. The maximum Gasteiger partial charge on any atom is 0.240 e. The van der Waals surface area contributed by atoms with E-state index in [1.165, 1.54) is 0 Å². The number of pyridine rings is 1. The summed E-state index contributed by atoms with van der Waals surface area (Å²) in [6.45, 7) is 0.346. The first-order chi connectivity index (χ1) is 12.1. The quantitative estimate of drug-likeness (QED) is 0.763. The number of rotatable bonds is 5. The standard InChI is InChI=1S/C18H18N4O2S/c23-25(24,16-4-2-1-3-5-16)21-12-15-6-7-18-20-13-17(22(15)18)14-8-10-19-11-9-14/h1-5,8-11,13,15,21H,6-7,12H2/t15-/m0/s1. The van der Waals surface area contributed by atoms with Crippen LogP contribution in [0.2, 0.25) is 0 Å². The van der Waals surface area contributed by atoms with Crippen molar-refractivity contribution in [1.29, 1.82) is 0 Å². The first kappa shape index (κ1) is 16.0. The molecule has 0 aliphatic carbocycles. The van der Waals surface area contributed by atoms with Crippen molar-refractivity contribution < 1.29 is 8.42 Å². The molecule has 1 atom stereocenters. The van der Waals surface area contributed by atoms with Crippen LogP contribution in [0, 0.1) is 0 Å². The molecule has 3 aromatic rings. The van der Waals surface area contributed by atoms with Gasteiger partial charge in [-0.15, -0.1) is 0 Å². The molecule has 1 aliphatic rings. The minimum Gasteiger partial charge on any atom is -0.324 e. The first-order valence-electron chi connectivity index (χ1n) is 8.16. The van der Waals surface area contributed by atoms with Gasteiger partial charge in [0.25, 0.3) is 0 Å². The van der Waals surface area contributed by atoms with E-state index in [2.05, 4.69) is 19.3 Å². The Morgan fingerprint density at radius 3 is 2.64 bits per heavy atom. The average Bonchev–Trinajstić information content (AvgIpc) is 3.24. The van der Waals surface area contributed by atoms with Crippen LogP contribution >= 0.6 is 0 Å². The number of nitrogens with zero attached hydrogens (tertiary/aromatic N) is 3. The summed E-state index contributed by atoms with van der Waals surface area (Å²) in [4.78, 5) is 8.83. The number of hydrogen-bond donors (Lipinski definition) is 1. The lowest BCUT2D eigenvalue weighted by Gasteiger charge is -2.17. The number of hydrogen-bond acceptors (Lipinski definition) is 4. The van der Waals surface area contributed by atoms with Gasteiger partial charge in [-0.25, -0.2) is 18.1 Å². The van der Waals surface area contributed by atoms with E-state index in [1.807, 2.05) is 18.3 Å². The second kappa shape index (κ2) is 6.42. The molecule has 0 saturated heterocycles. The molecule has 3 heterocycles. The Morgan fingerprint density at radius 2 is 1.88 bits per heavy atom. The van der Waals surface area contributed by atoms with Crippen LogP contribution in [-0.2, 0) is 16.4 Å². The summed E-state index contributed by atoms with van der Waals surface area (Å²) < 4.78 is 29.8. The summed E-state index contributed by atoms with van der Waals surface area (Å²) in [5, 5.41) is 0. The van der Waals surface area contributed by atoms with E-state index < -0.39 is 10.0 Å².